The quantitative estimate of drug-likeness (QED) is 0.544. The molecule has 0 atom stereocenters. The summed E-state index contributed by atoms with van der Waals surface area (Å²) in [4.78, 5) is 0. The lowest BCUT2D eigenvalue weighted by Crippen LogP contribution is -2.11. The molecule has 0 aliphatic heterocycles. The maximum Gasteiger partial charge on any atom is 0.0283 e. The van der Waals surface area contributed by atoms with E-state index in [9.17, 15) is 0 Å². The lowest BCUT2D eigenvalue weighted by atomic mass is 9.77. The van der Waals surface area contributed by atoms with Crippen LogP contribution in [0.1, 0.15) is 112 Å². The molecule has 0 unspecified atom stereocenters. The maximum atomic E-state index is 3.42. The highest BCUT2D eigenvalue weighted by Crippen LogP contribution is 2.39. The smallest absolute Gasteiger partial charge is 0.0283 e. The molecule has 24 heavy (non-hydrogen) atoms. The zero-order valence-corrected chi connectivity index (χ0v) is 15.4. The van der Waals surface area contributed by atoms with Gasteiger partial charge in [0.05, 0.1) is 0 Å². The van der Waals surface area contributed by atoms with Crippen LogP contribution in [-0.2, 0) is 0 Å². The molecule has 0 radical (unpaired) electrons. The van der Waals surface area contributed by atoms with Gasteiger partial charge in [-0.05, 0) is 74.6 Å². The predicted molar refractivity (Wildman–Crippen MR) is 103 cm³/mol. The first kappa shape index (κ1) is 17.2. The Kier molecular flexibility index (Phi) is 6.04. The Morgan fingerprint density at radius 1 is 0.625 bits per heavy atom. The highest BCUT2D eigenvalue weighted by molar-refractivity contribution is 5.54. The normalized spacial score (nSPS) is 19.1. The van der Waals surface area contributed by atoms with Crippen LogP contribution in [0, 0.1) is 23.7 Å². The van der Waals surface area contributed by atoms with Gasteiger partial charge in [0.2, 0.25) is 0 Å². The Hall–Kier alpha value is -1.66. The second kappa shape index (κ2) is 8.44. The largest absolute Gasteiger partial charge is 0.101 e. The van der Waals surface area contributed by atoms with Crippen molar-refractivity contribution in [2.75, 3.05) is 0 Å². The minimum atomic E-state index is 0.687. The molecule has 0 bridgehead atoms. The minimum absolute atomic E-state index is 0.687. The lowest BCUT2D eigenvalue weighted by molar-refractivity contribution is 0.438. The maximum absolute atomic E-state index is 3.42. The van der Waals surface area contributed by atoms with E-state index in [0.717, 1.165) is 0 Å². The van der Waals surface area contributed by atoms with Gasteiger partial charge in [0.15, 0.2) is 0 Å². The number of hydrogen-bond donors (Lipinski definition) is 0. The van der Waals surface area contributed by atoms with Crippen molar-refractivity contribution in [2.45, 2.75) is 89.9 Å². The topological polar surface area (TPSA) is 0 Å². The molecule has 0 nitrogen and oxygen atoms in total. The molecular weight excluding hydrogens is 288 g/mol. The molecule has 1 aromatic rings. The summed E-state index contributed by atoms with van der Waals surface area (Å²) in [5, 5.41) is 0. The zero-order valence-electron chi connectivity index (χ0n) is 15.4. The highest BCUT2D eigenvalue weighted by Gasteiger charge is 2.23. The minimum Gasteiger partial charge on any atom is -0.101 e. The van der Waals surface area contributed by atoms with Crippen LogP contribution in [0.15, 0.2) is 12.1 Å². The number of hydrogen-bond acceptors (Lipinski definition) is 0. The molecular formula is C24H30. The summed E-state index contributed by atoms with van der Waals surface area (Å²) in [5.74, 6) is 14.5. The van der Waals surface area contributed by atoms with Gasteiger partial charge in [-0.2, -0.15) is 0 Å². The second-order valence-corrected chi connectivity index (χ2v) is 7.45. The lowest BCUT2D eigenvalue weighted by Gasteiger charge is -2.27. The molecule has 0 amide bonds. The van der Waals surface area contributed by atoms with Crippen LogP contribution in [0.2, 0.25) is 0 Å². The summed E-state index contributed by atoms with van der Waals surface area (Å²) in [6.45, 7) is 3.93. The van der Waals surface area contributed by atoms with Crippen molar-refractivity contribution in [2.24, 2.45) is 0 Å². The average molecular weight is 319 g/mol. The molecule has 0 aromatic heterocycles. The van der Waals surface area contributed by atoms with Gasteiger partial charge in [0.1, 0.15) is 0 Å². The van der Waals surface area contributed by atoms with Crippen LogP contribution in [0.25, 0.3) is 0 Å². The van der Waals surface area contributed by atoms with E-state index in [-0.39, 0.29) is 0 Å². The fraction of sp³-hybridized carbons (Fsp3) is 0.583. The fourth-order valence-electron chi connectivity index (χ4n) is 4.62. The van der Waals surface area contributed by atoms with E-state index in [4.69, 9.17) is 0 Å². The average Bonchev–Trinajstić information content (AvgIpc) is 2.64. The molecule has 2 fully saturated rings. The van der Waals surface area contributed by atoms with E-state index >= 15 is 0 Å². The van der Waals surface area contributed by atoms with Crippen LogP contribution in [-0.4, -0.2) is 0 Å². The summed E-state index contributed by atoms with van der Waals surface area (Å²) < 4.78 is 0. The van der Waals surface area contributed by atoms with Gasteiger partial charge in [-0.1, -0.05) is 50.4 Å². The monoisotopic (exact) mass is 318 g/mol. The van der Waals surface area contributed by atoms with Crippen molar-refractivity contribution in [1.82, 2.24) is 0 Å². The first-order valence-corrected chi connectivity index (χ1v) is 9.87. The molecule has 0 heteroatoms. The van der Waals surface area contributed by atoms with Gasteiger partial charge in [-0.3, -0.25) is 0 Å². The van der Waals surface area contributed by atoms with E-state index < -0.39 is 0 Å². The Morgan fingerprint density at radius 2 is 1.00 bits per heavy atom. The summed E-state index contributed by atoms with van der Waals surface area (Å²) >= 11 is 0. The summed E-state index contributed by atoms with van der Waals surface area (Å²) in [6, 6.07) is 4.83. The van der Waals surface area contributed by atoms with Crippen LogP contribution in [0.4, 0.5) is 0 Å². The fourth-order valence-corrected chi connectivity index (χ4v) is 4.62. The summed E-state index contributed by atoms with van der Waals surface area (Å²) in [6.07, 6.45) is 13.5. The Balaban J connectivity index is 2.05. The Labute approximate surface area is 148 Å². The number of rotatable bonds is 2. The van der Waals surface area contributed by atoms with Gasteiger partial charge in [-0.15, -0.1) is 11.8 Å². The standard InChI is InChI=1S/C24H30/c1-3-11-21-17-24(20-15-9-6-10-16-20)22(12-4-2)18-23(21)19-13-7-5-8-14-19/h17-20H,5-10,13-16H2,1-2H3. The molecule has 1 aromatic carbocycles. The van der Waals surface area contributed by atoms with Crippen LogP contribution in [0.3, 0.4) is 0 Å². The van der Waals surface area contributed by atoms with E-state index in [1.807, 2.05) is 13.8 Å². The summed E-state index contributed by atoms with van der Waals surface area (Å²) in [5.41, 5.74) is 5.51. The van der Waals surface area contributed by atoms with E-state index in [0.29, 0.717) is 11.8 Å². The third kappa shape index (κ3) is 3.87. The predicted octanol–water partition coefficient (Wildman–Crippen LogP) is 6.52. The van der Waals surface area contributed by atoms with Gasteiger partial charge >= 0.3 is 0 Å². The first-order valence-electron chi connectivity index (χ1n) is 9.87. The van der Waals surface area contributed by atoms with E-state index in [1.54, 1.807) is 0 Å². The van der Waals surface area contributed by atoms with Gasteiger partial charge in [0.25, 0.3) is 0 Å². The zero-order chi connectivity index (χ0) is 16.8. The van der Waals surface area contributed by atoms with Crippen molar-refractivity contribution in [3.63, 3.8) is 0 Å². The van der Waals surface area contributed by atoms with Crippen molar-refractivity contribution in [3.05, 3.63) is 34.4 Å². The molecule has 3 rings (SSSR count). The van der Waals surface area contributed by atoms with Crippen molar-refractivity contribution in [1.29, 1.82) is 0 Å². The number of benzene rings is 1. The molecule has 2 aliphatic carbocycles. The highest BCUT2D eigenvalue weighted by atomic mass is 14.3. The molecule has 126 valence electrons. The molecule has 0 N–H and O–H groups in total. The van der Waals surface area contributed by atoms with Crippen molar-refractivity contribution >= 4 is 0 Å². The summed E-state index contributed by atoms with van der Waals surface area (Å²) in [7, 11) is 0. The van der Waals surface area contributed by atoms with Crippen LogP contribution >= 0.6 is 0 Å². The third-order valence-electron chi connectivity index (χ3n) is 5.83. The Bertz CT molecular complexity index is 613. The van der Waals surface area contributed by atoms with Gasteiger partial charge in [-0.25, -0.2) is 0 Å². The second-order valence-electron chi connectivity index (χ2n) is 7.45. The molecule has 0 saturated heterocycles. The van der Waals surface area contributed by atoms with Crippen LogP contribution < -0.4 is 0 Å². The Morgan fingerprint density at radius 3 is 1.33 bits per heavy atom. The first-order chi connectivity index (χ1) is 11.8. The molecule has 0 heterocycles. The van der Waals surface area contributed by atoms with Gasteiger partial charge < -0.3 is 0 Å². The molecule has 2 aliphatic rings. The van der Waals surface area contributed by atoms with Gasteiger partial charge in [0, 0.05) is 11.1 Å². The van der Waals surface area contributed by atoms with Crippen LogP contribution in [0.5, 0.6) is 0 Å². The molecule has 0 spiro atoms. The van der Waals surface area contributed by atoms with E-state index in [2.05, 4.69) is 35.8 Å². The SMILES string of the molecule is CC#Cc1cc(C2CCCCC2)c(C#CC)cc1C1CCCCC1. The van der Waals surface area contributed by atoms with Crippen molar-refractivity contribution < 1.29 is 0 Å². The third-order valence-corrected chi connectivity index (χ3v) is 5.83. The molecule has 2 saturated carbocycles. The van der Waals surface area contributed by atoms with Crippen molar-refractivity contribution in [3.8, 4) is 23.7 Å². The van der Waals surface area contributed by atoms with E-state index in [1.165, 1.54) is 86.5 Å².